The van der Waals surface area contributed by atoms with Crippen molar-refractivity contribution in [2.45, 2.75) is 24.4 Å². The van der Waals surface area contributed by atoms with Gasteiger partial charge in [0.2, 0.25) is 0 Å². The summed E-state index contributed by atoms with van der Waals surface area (Å²) in [6, 6.07) is 0. The van der Waals surface area contributed by atoms with E-state index in [-0.39, 0.29) is 0 Å². The Bertz CT molecular complexity index is 105. The highest BCUT2D eigenvalue weighted by molar-refractivity contribution is 7.96. The summed E-state index contributed by atoms with van der Waals surface area (Å²) in [6.07, 6.45) is 3.28. The van der Waals surface area contributed by atoms with Gasteiger partial charge in [0.25, 0.3) is 5.12 Å². The van der Waals surface area contributed by atoms with Crippen LogP contribution in [0, 0.1) is 0 Å². The van der Waals surface area contributed by atoms with Crippen molar-refractivity contribution in [3.8, 4) is 0 Å². The Morgan fingerprint density at radius 3 is 2.56 bits per heavy atom. The molecule has 0 aliphatic carbocycles. The third-order valence-corrected chi connectivity index (χ3v) is 2.30. The average Bonchev–Trinajstić information content (AvgIpc) is 1.87. The molecule has 9 heavy (non-hydrogen) atoms. The van der Waals surface area contributed by atoms with Crippen molar-refractivity contribution in [3.05, 3.63) is 0 Å². The number of rotatable bonds is 0. The minimum Gasteiger partial charge on any atom is -0.338 e. The van der Waals surface area contributed by atoms with Crippen molar-refractivity contribution in [2.75, 3.05) is 6.61 Å². The van der Waals surface area contributed by atoms with Crippen LogP contribution in [-0.4, -0.2) is 11.7 Å². The topological polar surface area (TPSA) is 27.7 Å². The Labute approximate surface area is 57.8 Å². The first-order chi connectivity index (χ1) is 4.41. The van der Waals surface area contributed by atoms with E-state index < -0.39 is 5.12 Å². The van der Waals surface area contributed by atoms with E-state index in [0.29, 0.717) is 0 Å². The lowest BCUT2D eigenvalue weighted by Gasteiger charge is -2.38. The maximum absolute atomic E-state index is 5.32. The smallest absolute Gasteiger partial charge is 0.278 e. The van der Waals surface area contributed by atoms with Crippen molar-refractivity contribution in [3.63, 3.8) is 0 Å². The predicted octanol–water partition coefficient (Wildman–Crippen LogP) is 1.45. The van der Waals surface area contributed by atoms with Crippen LogP contribution < -0.4 is 0 Å². The molecule has 0 radical (unpaired) electrons. The van der Waals surface area contributed by atoms with Crippen molar-refractivity contribution >= 4 is 12.0 Å². The molecule has 0 bridgehead atoms. The van der Waals surface area contributed by atoms with Crippen LogP contribution in [0.1, 0.15) is 19.3 Å². The minimum atomic E-state index is -0.405. The van der Waals surface area contributed by atoms with Crippen molar-refractivity contribution in [1.82, 2.24) is 0 Å². The highest BCUT2D eigenvalue weighted by atomic mass is 32.2. The quantitative estimate of drug-likeness (QED) is 0.384. The normalized spacial score (nSPS) is 42.7. The fraction of sp³-hybridized carbons (Fsp3) is 1.00. The zero-order valence-electron chi connectivity index (χ0n) is 4.96. The van der Waals surface area contributed by atoms with Crippen LogP contribution in [0.25, 0.3) is 0 Å². The Morgan fingerprint density at radius 1 is 1.33 bits per heavy atom. The van der Waals surface area contributed by atoms with Crippen LogP contribution in [0.5, 0.6) is 0 Å². The molecule has 1 spiro atoms. The van der Waals surface area contributed by atoms with Crippen molar-refractivity contribution in [2.24, 2.45) is 0 Å². The van der Waals surface area contributed by atoms with Crippen molar-refractivity contribution in [1.29, 1.82) is 0 Å². The maximum Gasteiger partial charge on any atom is 0.278 e. The summed E-state index contributed by atoms with van der Waals surface area (Å²) < 4.78 is 9.82. The van der Waals surface area contributed by atoms with Gasteiger partial charge in [-0.3, -0.25) is 0 Å². The zero-order chi connectivity index (χ0) is 6.16. The molecule has 2 saturated heterocycles. The molecule has 4 heteroatoms. The molecular weight excluding hydrogens is 140 g/mol. The van der Waals surface area contributed by atoms with E-state index in [4.69, 9.17) is 9.62 Å². The second-order valence-corrected chi connectivity index (χ2v) is 3.15. The van der Waals surface area contributed by atoms with Gasteiger partial charge in [0.1, 0.15) is 12.0 Å². The van der Waals surface area contributed by atoms with Crippen LogP contribution in [0.4, 0.5) is 0 Å². The van der Waals surface area contributed by atoms with Gasteiger partial charge < -0.3 is 4.74 Å². The van der Waals surface area contributed by atoms with Gasteiger partial charge in [-0.1, -0.05) is 0 Å². The average molecular weight is 148 g/mol. The summed E-state index contributed by atoms with van der Waals surface area (Å²) in [5.41, 5.74) is 0. The van der Waals surface area contributed by atoms with Gasteiger partial charge in [-0.25, -0.2) is 0 Å². The molecule has 0 aromatic carbocycles. The summed E-state index contributed by atoms with van der Waals surface area (Å²) in [5.74, 6) is 0. The lowest BCUT2D eigenvalue weighted by Crippen LogP contribution is -2.41. The number of hydrogen-bond donors (Lipinski definition) is 0. The second kappa shape index (κ2) is 2.12. The minimum absolute atomic E-state index is 0.405. The molecule has 2 aliphatic rings. The lowest BCUT2D eigenvalue weighted by atomic mass is 10.2. The van der Waals surface area contributed by atoms with Gasteiger partial charge in [-0.05, 0) is 12.8 Å². The molecule has 1 unspecified atom stereocenters. The molecule has 52 valence electrons. The van der Waals surface area contributed by atoms with Crippen LogP contribution in [0.2, 0.25) is 0 Å². The Kier molecular flexibility index (Phi) is 1.41. The van der Waals surface area contributed by atoms with Crippen LogP contribution in [0.15, 0.2) is 0 Å². The zero-order valence-corrected chi connectivity index (χ0v) is 5.78. The monoisotopic (exact) mass is 148 g/mol. The predicted molar refractivity (Wildman–Crippen MR) is 32.3 cm³/mol. The van der Waals surface area contributed by atoms with E-state index in [1.807, 2.05) is 0 Å². The maximum atomic E-state index is 5.32. The van der Waals surface area contributed by atoms with E-state index in [0.717, 1.165) is 19.4 Å². The summed E-state index contributed by atoms with van der Waals surface area (Å²) in [4.78, 5) is 4.80. The van der Waals surface area contributed by atoms with Gasteiger partial charge in [-0.15, -0.1) is 0 Å². The first-order valence-corrected chi connectivity index (χ1v) is 3.83. The molecule has 2 aliphatic heterocycles. The third kappa shape index (κ3) is 0.961. The van der Waals surface area contributed by atoms with E-state index in [1.165, 1.54) is 18.5 Å². The van der Waals surface area contributed by atoms with Gasteiger partial charge in [0.15, 0.2) is 0 Å². The fourth-order valence-electron chi connectivity index (χ4n) is 0.985. The van der Waals surface area contributed by atoms with Gasteiger partial charge in [0, 0.05) is 6.42 Å². The Hall–Kier alpha value is 0.230. The molecule has 0 N–H and O–H groups in total. The summed E-state index contributed by atoms with van der Waals surface area (Å²) in [6.45, 7) is 0.802. The molecule has 0 aromatic heterocycles. The van der Waals surface area contributed by atoms with Crippen molar-refractivity contribution < 1.29 is 14.0 Å². The molecule has 2 heterocycles. The van der Waals surface area contributed by atoms with Gasteiger partial charge in [0.05, 0.1) is 6.61 Å². The summed E-state index contributed by atoms with van der Waals surface area (Å²) >= 11 is 1.28. The molecule has 0 amide bonds. The molecule has 1 atom stereocenters. The van der Waals surface area contributed by atoms with Gasteiger partial charge >= 0.3 is 0 Å². The first-order valence-electron chi connectivity index (χ1n) is 3.09. The van der Waals surface area contributed by atoms with E-state index >= 15 is 0 Å². The molecular formula is C5H8O3S. The fourth-order valence-corrected chi connectivity index (χ4v) is 1.56. The number of ether oxygens (including phenoxy) is 1. The van der Waals surface area contributed by atoms with E-state index in [9.17, 15) is 0 Å². The first kappa shape index (κ1) is 5.97. The van der Waals surface area contributed by atoms with E-state index in [1.54, 1.807) is 0 Å². The summed E-state index contributed by atoms with van der Waals surface area (Å²) in [7, 11) is 0. The third-order valence-electron chi connectivity index (χ3n) is 1.52. The van der Waals surface area contributed by atoms with Crippen LogP contribution in [0.3, 0.4) is 0 Å². The molecule has 3 nitrogen and oxygen atoms in total. The molecule has 2 rings (SSSR count). The second-order valence-electron chi connectivity index (χ2n) is 2.22. The standard InChI is InChI=1S/C5H8O3S/c1-2-4-6-5(3-1)7-8-9-5/h1-4H2. The van der Waals surface area contributed by atoms with Crippen LogP contribution >= 0.6 is 12.0 Å². The molecule has 0 aromatic rings. The molecule has 2 fully saturated rings. The Morgan fingerprint density at radius 2 is 2.22 bits per heavy atom. The lowest BCUT2D eigenvalue weighted by molar-refractivity contribution is -0.386. The highest BCUT2D eigenvalue weighted by Gasteiger charge is 2.46. The molecule has 0 saturated carbocycles. The SMILES string of the molecule is C1CCC2(OC1)OOS2. The Balaban J connectivity index is 1.93. The highest BCUT2D eigenvalue weighted by Crippen LogP contribution is 2.45. The largest absolute Gasteiger partial charge is 0.338 e. The van der Waals surface area contributed by atoms with Gasteiger partial charge in [-0.2, -0.15) is 9.22 Å². The van der Waals surface area contributed by atoms with E-state index in [2.05, 4.69) is 4.33 Å². The van der Waals surface area contributed by atoms with Crippen LogP contribution in [-0.2, 0) is 14.0 Å². The number of hydrogen-bond acceptors (Lipinski definition) is 4. The summed E-state index contributed by atoms with van der Waals surface area (Å²) in [5, 5.41) is -0.405.